The summed E-state index contributed by atoms with van der Waals surface area (Å²) < 4.78 is 5.41. The first-order chi connectivity index (χ1) is 11.0. The number of hydrogen-bond acceptors (Lipinski definition) is 4. The van der Waals surface area contributed by atoms with Crippen LogP contribution in [0.15, 0.2) is 0 Å². The minimum absolute atomic E-state index is 0.00666. The van der Waals surface area contributed by atoms with Crippen molar-refractivity contribution in [3.8, 4) is 0 Å². The molecule has 0 fully saturated rings. The Hall–Kier alpha value is -1.36. The minimum Gasteiger partial charge on any atom is -0.459 e. The molecule has 0 aromatic carbocycles. The van der Waals surface area contributed by atoms with E-state index in [1.807, 2.05) is 27.7 Å². The molecular weight excluding hydrogens is 310 g/mol. The van der Waals surface area contributed by atoms with Gasteiger partial charge in [-0.05, 0) is 57.9 Å². The molecule has 1 amide bonds. The third kappa shape index (κ3) is 4.14. The molecule has 1 aliphatic rings. The molecule has 2 rings (SSSR count). The van der Waals surface area contributed by atoms with Gasteiger partial charge in [-0.3, -0.25) is 4.79 Å². The van der Waals surface area contributed by atoms with Crippen LogP contribution in [0.1, 0.15) is 74.2 Å². The van der Waals surface area contributed by atoms with E-state index >= 15 is 0 Å². The summed E-state index contributed by atoms with van der Waals surface area (Å²) in [5.41, 5.74) is 1.68. The molecule has 4 nitrogen and oxygen atoms in total. The van der Waals surface area contributed by atoms with Crippen molar-refractivity contribution in [1.82, 2.24) is 0 Å². The molecule has 1 N–H and O–H groups in total. The number of thiophene rings is 1. The second kappa shape index (κ2) is 7.95. The lowest BCUT2D eigenvalue weighted by Crippen LogP contribution is -2.23. The zero-order valence-corrected chi connectivity index (χ0v) is 15.3. The topological polar surface area (TPSA) is 55.4 Å². The zero-order valence-electron chi connectivity index (χ0n) is 14.5. The van der Waals surface area contributed by atoms with Gasteiger partial charge in [-0.15, -0.1) is 11.3 Å². The fourth-order valence-electron chi connectivity index (χ4n) is 3.02. The number of anilines is 1. The maximum atomic E-state index is 12.5. The molecule has 1 aromatic rings. The average molecular weight is 337 g/mol. The summed E-state index contributed by atoms with van der Waals surface area (Å²) in [7, 11) is 0. The van der Waals surface area contributed by atoms with Gasteiger partial charge in [0.05, 0.1) is 11.7 Å². The van der Waals surface area contributed by atoms with Crippen LogP contribution in [-0.4, -0.2) is 18.0 Å². The van der Waals surface area contributed by atoms with Crippen LogP contribution in [0.5, 0.6) is 0 Å². The number of amides is 1. The monoisotopic (exact) mass is 337 g/mol. The van der Waals surface area contributed by atoms with E-state index in [1.54, 1.807) is 11.3 Å². The van der Waals surface area contributed by atoms with E-state index in [9.17, 15) is 9.59 Å². The van der Waals surface area contributed by atoms with Crippen LogP contribution in [0.25, 0.3) is 0 Å². The Balaban J connectivity index is 2.32. The van der Waals surface area contributed by atoms with Gasteiger partial charge in [-0.25, -0.2) is 4.79 Å². The molecule has 0 saturated heterocycles. The van der Waals surface area contributed by atoms with Crippen molar-refractivity contribution in [2.75, 3.05) is 5.32 Å². The van der Waals surface area contributed by atoms with E-state index in [0.29, 0.717) is 10.6 Å². The van der Waals surface area contributed by atoms with Gasteiger partial charge in [-0.2, -0.15) is 0 Å². The summed E-state index contributed by atoms with van der Waals surface area (Å²) in [4.78, 5) is 26.2. The van der Waals surface area contributed by atoms with Gasteiger partial charge in [0.1, 0.15) is 5.00 Å². The normalized spacial score (nSPS) is 14.0. The van der Waals surface area contributed by atoms with E-state index in [2.05, 4.69) is 5.32 Å². The number of nitrogens with one attached hydrogen (secondary N) is 1. The molecule has 23 heavy (non-hydrogen) atoms. The largest absolute Gasteiger partial charge is 0.459 e. The van der Waals surface area contributed by atoms with Crippen LogP contribution in [0, 0.1) is 5.92 Å². The molecule has 1 aromatic heterocycles. The van der Waals surface area contributed by atoms with Gasteiger partial charge in [0, 0.05) is 10.8 Å². The molecule has 1 heterocycles. The molecular formula is C18H27NO3S. The van der Waals surface area contributed by atoms with Crippen molar-refractivity contribution < 1.29 is 14.3 Å². The van der Waals surface area contributed by atoms with Crippen LogP contribution in [0.2, 0.25) is 0 Å². The highest BCUT2D eigenvalue weighted by atomic mass is 32.1. The van der Waals surface area contributed by atoms with E-state index in [0.717, 1.165) is 44.1 Å². The third-order valence-electron chi connectivity index (χ3n) is 4.31. The summed E-state index contributed by atoms with van der Waals surface area (Å²) in [6.45, 7) is 7.72. The highest BCUT2D eigenvalue weighted by Crippen LogP contribution is 2.39. The van der Waals surface area contributed by atoms with Crippen molar-refractivity contribution in [3.63, 3.8) is 0 Å². The van der Waals surface area contributed by atoms with Gasteiger partial charge in [0.2, 0.25) is 5.91 Å². The summed E-state index contributed by atoms with van der Waals surface area (Å²) in [6, 6.07) is 0. The van der Waals surface area contributed by atoms with Gasteiger partial charge >= 0.3 is 5.97 Å². The quantitative estimate of drug-likeness (QED) is 0.774. The fourth-order valence-corrected chi connectivity index (χ4v) is 4.30. The van der Waals surface area contributed by atoms with Crippen LogP contribution < -0.4 is 5.32 Å². The third-order valence-corrected chi connectivity index (χ3v) is 5.52. The van der Waals surface area contributed by atoms with Gasteiger partial charge in [0.15, 0.2) is 0 Å². The Kier molecular flexibility index (Phi) is 6.22. The van der Waals surface area contributed by atoms with Crippen molar-refractivity contribution in [3.05, 3.63) is 16.0 Å². The molecule has 128 valence electrons. The van der Waals surface area contributed by atoms with Crippen molar-refractivity contribution in [1.29, 1.82) is 0 Å². The summed E-state index contributed by atoms with van der Waals surface area (Å²) in [5, 5.41) is 3.68. The summed E-state index contributed by atoms with van der Waals surface area (Å²) in [5.74, 6) is -0.311. The second-order valence-corrected chi connectivity index (χ2v) is 7.48. The molecule has 0 saturated carbocycles. The molecule has 0 atom stereocenters. The first kappa shape index (κ1) is 18.0. The number of esters is 1. The number of carbonyl (C=O) groups excluding carboxylic acids is 2. The van der Waals surface area contributed by atoms with Crippen molar-refractivity contribution in [2.45, 2.75) is 72.3 Å². The molecule has 0 spiro atoms. The average Bonchev–Trinajstić information content (AvgIpc) is 2.85. The molecule has 5 heteroatoms. The predicted molar refractivity (Wildman–Crippen MR) is 94.2 cm³/mol. The molecule has 0 bridgehead atoms. The van der Waals surface area contributed by atoms with Gasteiger partial charge in [0.25, 0.3) is 0 Å². The molecule has 0 aliphatic heterocycles. The van der Waals surface area contributed by atoms with E-state index < -0.39 is 0 Å². The zero-order chi connectivity index (χ0) is 17.0. The predicted octanol–water partition coefficient (Wildman–Crippen LogP) is 4.57. The Morgan fingerprint density at radius 2 is 1.83 bits per heavy atom. The highest BCUT2D eigenvalue weighted by molar-refractivity contribution is 7.17. The lowest BCUT2D eigenvalue weighted by molar-refractivity contribution is -0.120. The Labute approximate surface area is 142 Å². The first-order valence-corrected chi connectivity index (χ1v) is 9.45. The summed E-state index contributed by atoms with van der Waals surface area (Å²) in [6.07, 6.45) is 5.57. The summed E-state index contributed by atoms with van der Waals surface area (Å²) >= 11 is 1.55. The van der Waals surface area contributed by atoms with Gasteiger partial charge < -0.3 is 10.1 Å². The minimum atomic E-state index is -0.306. The SMILES string of the molecule is CCC(CC)C(=O)Nc1sc2c(c1C(=O)OC(C)C)CCCC2. The van der Waals surface area contributed by atoms with Crippen molar-refractivity contribution in [2.24, 2.45) is 5.92 Å². The number of fused-ring (bicyclic) bond motifs is 1. The maximum Gasteiger partial charge on any atom is 0.341 e. The highest BCUT2D eigenvalue weighted by Gasteiger charge is 2.28. The number of ether oxygens (including phenoxy) is 1. The van der Waals surface area contributed by atoms with E-state index in [1.165, 1.54) is 4.88 Å². The number of hydrogen-bond donors (Lipinski definition) is 1. The van der Waals surface area contributed by atoms with E-state index in [-0.39, 0.29) is 23.9 Å². The second-order valence-electron chi connectivity index (χ2n) is 6.37. The number of carbonyl (C=O) groups is 2. The van der Waals surface area contributed by atoms with E-state index in [4.69, 9.17) is 4.74 Å². The lowest BCUT2D eigenvalue weighted by Gasteiger charge is -2.15. The van der Waals surface area contributed by atoms with Crippen LogP contribution in [0.3, 0.4) is 0 Å². The molecule has 0 unspecified atom stereocenters. The first-order valence-electron chi connectivity index (χ1n) is 8.64. The standard InChI is InChI=1S/C18H27NO3S/c1-5-12(6-2)16(20)19-17-15(18(21)22-11(3)4)13-9-7-8-10-14(13)23-17/h11-12H,5-10H2,1-4H3,(H,19,20). The molecule has 0 radical (unpaired) electrons. The lowest BCUT2D eigenvalue weighted by atomic mass is 9.95. The van der Waals surface area contributed by atoms with Gasteiger partial charge in [-0.1, -0.05) is 13.8 Å². The smallest absolute Gasteiger partial charge is 0.341 e. The Morgan fingerprint density at radius 3 is 2.43 bits per heavy atom. The number of rotatable bonds is 6. The Bertz CT molecular complexity index is 573. The fraction of sp³-hybridized carbons (Fsp3) is 0.667. The molecule has 1 aliphatic carbocycles. The van der Waals surface area contributed by atoms with Crippen molar-refractivity contribution >= 4 is 28.2 Å². The number of aryl methyl sites for hydroxylation is 1. The van der Waals surface area contributed by atoms with Crippen LogP contribution in [0.4, 0.5) is 5.00 Å². The maximum absolute atomic E-state index is 12.5. The Morgan fingerprint density at radius 1 is 1.17 bits per heavy atom. The van der Waals surface area contributed by atoms with Crippen LogP contribution in [-0.2, 0) is 22.4 Å². The van der Waals surface area contributed by atoms with Crippen LogP contribution >= 0.6 is 11.3 Å².